The van der Waals surface area contributed by atoms with Crippen LogP contribution in [0.1, 0.15) is 130 Å². The van der Waals surface area contributed by atoms with E-state index in [9.17, 15) is 14.4 Å². The number of nitrogens with zero attached hydrogens (tertiary/aromatic N) is 1. The largest absolute Gasteiger partial charge is 0.444 e. The van der Waals surface area contributed by atoms with Gasteiger partial charge < -0.3 is 20.3 Å². The van der Waals surface area contributed by atoms with E-state index in [4.69, 9.17) is 4.74 Å². The monoisotopic (exact) mass is 557 g/mol. The van der Waals surface area contributed by atoms with Crippen LogP contribution in [0.5, 0.6) is 0 Å². The Balaban J connectivity index is 2.49. The lowest BCUT2D eigenvalue weighted by atomic mass is 9.93. The molecule has 1 aliphatic rings. The normalized spacial score (nSPS) is 16.5. The lowest BCUT2D eigenvalue weighted by molar-refractivity contribution is -0.144. The zero-order valence-corrected chi connectivity index (χ0v) is 26.2. The van der Waals surface area contributed by atoms with Crippen LogP contribution in [0.4, 0.5) is 4.79 Å². The minimum absolute atomic E-state index is 0.126. The molecular formula is C33H55N3O4. The van der Waals surface area contributed by atoms with Crippen molar-refractivity contribution in [1.29, 1.82) is 0 Å². The molecule has 2 N–H and O–H groups in total. The van der Waals surface area contributed by atoms with Crippen molar-refractivity contribution in [3.8, 4) is 0 Å². The van der Waals surface area contributed by atoms with Gasteiger partial charge in [-0.3, -0.25) is 9.59 Å². The lowest BCUT2D eigenvalue weighted by Crippen LogP contribution is -2.56. The van der Waals surface area contributed by atoms with E-state index in [1.54, 1.807) is 25.7 Å². The molecule has 0 aliphatic heterocycles. The molecule has 3 amide bonds. The van der Waals surface area contributed by atoms with E-state index in [1.807, 2.05) is 38.1 Å². The molecule has 1 aromatic carbocycles. The van der Waals surface area contributed by atoms with Gasteiger partial charge in [-0.25, -0.2) is 4.79 Å². The molecule has 0 aromatic heterocycles. The summed E-state index contributed by atoms with van der Waals surface area (Å²) < 4.78 is 5.52. The first-order valence-electron chi connectivity index (χ1n) is 15.7. The molecule has 3 atom stereocenters. The molecule has 0 heterocycles. The second-order valence-electron chi connectivity index (χ2n) is 12.4. The van der Waals surface area contributed by atoms with Crippen molar-refractivity contribution >= 4 is 17.9 Å². The number of hydrogen-bond acceptors (Lipinski definition) is 4. The molecule has 7 nitrogen and oxygen atoms in total. The summed E-state index contributed by atoms with van der Waals surface area (Å²) in [5.41, 5.74) is 1.30. The zero-order valence-electron chi connectivity index (χ0n) is 26.2. The molecule has 0 bridgehead atoms. The first-order valence-corrected chi connectivity index (χ1v) is 15.7. The molecule has 226 valence electrons. The fourth-order valence-corrected chi connectivity index (χ4v) is 5.31. The number of hydrogen-bond donors (Lipinski definition) is 2. The van der Waals surface area contributed by atoms with Crippen LogP contribution in [0, 0.1) is 5.92 Å². The van der Waals surface area contributed by atoms with Gasteiger partial charge in [-0.15, -0.1) is 0 Å². The van der Waals surface area contributed by atoms with Crippen molar-refractivity contribution in [2.75, 3.05) is 6.54 Å². The second kappa shape index (κ2) is 16.6. The molecule has 2 rings (SSSR count). The van der Waals surface area contributed by atoms with Crippen molar-refractivity contribution in [2.24, 2.45) is 5.92 Å². The third kappa shape index (κ3) is 10.8. The number of unbranched alkanes of at least 4 members (excludes halogenated alkanes) is 3. The van der Waals surface area contributed by atoms with Gasteiger partial charge in [0, 0.05) is 12.6 Å². The number of alkyl carbamates (subject to hydrolysis) is 1. The summed E-state index contributed by atoms with van der Waals surface area (Å²) in [5.74, 6) is -0.511. The molecule has 1 fully saturated rings. The molecule has 0 saturated heterocycles. The van der Waals surface area contributed by atoms with Gasteiger partial charge in [-0.2, -0.15) is 0 Å². The fourth-order valence-electron chi connectivity index (χ4n) is 5.31. The maximum absolute atomic E-state index is 14.4. The van der Waals surface area contributed by atoms with Crippen molar-refractivity contribution in [1.82, 2.24) is 15.5 Å². The summed E-state index contributed by atoms with van der Waals surface area (Å²) in [5, 5.41) is 6.16. The smallest absolute Gasteiger partial charge is 0.408 e. The van der Waals surface area contributed by atoms with Crippen LogP contribution in [-0.2, 0) is 20.7 Å². The van der Waals surface area contributed by atoms with Crippen LogP contribution in [0.25, 0.3) is 0 Å². The number of rotatable bonds is 14. The van der Waals surface area contributed by atoms with Crippen LogP contribution < -0.4 is 10.6 Å². The number of amides is 3. The maximum Gasteiger partial charge on any atom is 0.408 e. The van der Waals surface area contributed by atoms with Gasteiger partial charge in [0.05, 0.1) is 0 Å². The average molecular weight is 558 g/mol. The minimum Gasteiger partial charge on any atom is -0.444 e. The Bertz CT molecular complexity index is 919. The third-order valence-corrected chi connectivity index (χ3v) is 7.90. The van der Waals surface area contributed by atoms with Crippen LogP contribution in [0.2, 0.25) is 0 Å². The highest BCUT2D eigenvalue weighted by atomic mass is 16.6. The summed E-state index contributed by atoms with van der Waals surface area (Å²) in [7, 11) is 0. The van der Waals surface area contributed by atoms with Crippen LogP contribution in [0.15, 0.2) is 24.3 Å². The highest BCUT2D eigenvalue weighted by Gasteiger charge is 2.38. The summed E-state index contributed by atoms with van der Waals surface area (Å²) in [6, 6.07) is 6.61. The second-order valence-corrected chi connectivity index (χ2v) is 12.4. The third-order valence-electron chi connectivity index (χ3n) is 7.90. The van der Waals surface area contributed by atoms with Crippen LogP contribution in [0.3, 0.4) is 0 Å². The molecular weight excluding hydrogens is 502 g/mol. The predicted octanol–water partition coefficient (Wildman–Crippen LogP) is 7.09. The zero-order chi connectivity index (χ0) is 29.7. The van der Waals surface area contributed by atoms with Gasteiger partial charge in [0.1, 0.15) is 17.7 Å². The highest BCUT2D eigenvalue weighted by molar-refractivity contribution is 5.92. The lowest BCUT2D eigenvalue weighted by Gasteiger charge is -2.37. The Hall–Kier alpha value is -2.57. The Kier molecular flexibility index (Phi) is 14.0. The van der Waals surface area contributed by atoms with Crippen molar-refractivity contribution in [3.63, 3.8) is 0 Å². The number of nitrogens with one attached hydrogen (secondary N) is 2. The van der Waals surface area contributed by atoms with E-state index in [-0.39, 0.29) is 23.8 Å². The van der Waals surface area contributed by atoms with E-state index < -0.39 is 23.8 Å². The first-order chi connectivity index (χ1) is 19.0. The van der Waals surface area contributed by atoms with Gasteiger partial charge in [-0.1, -0.05) is 96.9 Å². The fraction of sp³-hybridized carbons (Fsp3) is 0.727. The molecule has 7 heteroatoms. The topological polar surface area (TPSA) is 87.7 Å². The number of carbonyl (C=O) groups is 3. The maximum atomic E-state index is 14.4. The molecule has 0 spiro atoms. The van der Waals surface area contributed by atoms with Crippen LogP contribution in [-0.4, -0.2) is 47.0 Å². The molecule has 0 radical (unpaired) electrons. The van der Waals surface area contributed by atoms with Crippen LogP contribution >= 0.6 is 0 Å². The van der Waals surface area contributed by atoms with E-state index in [2.05, 4.69) is 24.5 Å². The number of carbonyl (C=O) groups excluding carboxylic acids is 3. The standard InChI is InChI=1S/C33H55N3O4/c1-8-11-12-16-23-36(31(38)28(24(4)9-2)35-32(39)40-33(5,6)7)29(26-21-19-25(10-3)20-22-26)30(37)34-27-17-14-13-15-18-27/h19-22,24,27-29H,8-18,23H2,1-7H3,(H,34,37)(H,35,39). The minimum atomic E-state index is -0.800. The van der Waals surface area contributed by atoms with Gasteiger partial charge in [0.2, 0.25) is 11.8 Å². The number of ether oxygens (including phenoxy) is 1. The van der Waals surface area contributed by atoms with Gasteiger partial charge >= 0.3 is 6.09 Å². The summed E-state index contributed by atoms with van der Waals surface area (Å²) >= 11 is 0. The Labute approximate surface area is 243 Å². The molecule has 40 heavy (non-hydrogen) atoms. The van der Waals surface area contributed by atoms with E-state index >= 15 is 0 Å². The van der Waals surface area contributed by atoms with Gasteiger partial charge in [-0.05, 0) is 63.5 Å². The summed E-state index contributed by atoms with van der Waals surface area (Å²) in [6.45, 7) is 14.1. The number of benzene rings is 1. The SMILES string of the molecule is CCCCCCN(C(=O)C(NC(=O)OC(C)(C)C)C(C)CC)C(C(=O)NC1CCCCC1)c1ccc(CC)cc1. The van der Waals surface area contributed by atoms with E-state index in [0.717, 1.165) is 63.4 Å². The number of aryl methyl sites for hydroxylation is 1. The van der Waals surface area contributed by atoms with Gasteiger partial charge in [0.15, 0.2) is 0 Å². The summed E-state index contributed by atoms with van der Waals surface area (Å²) in [4.78, 5) is 43.0. The van der Waals surface area contributed by atoms with Crippen molar-refractivity contribution < 1.29 is 19.1 Å². The first kappa shape index (κ1) is 33.6. The predicted molar refractivity (Wildman–Crippen MR) is 162 cm³/mol. The van der Waals surface area contributed by atoms with Gasteiger partial charge in [0.25, 0.3) is 0 Å². The quantitative estimate of drug-likeness (QED) is 0.239. The molecule has 1 saturated carbocycles. The molecule has 1 aromatic rings. The van der Waals surface area contributed by atoms with Crippen molar-refractivity contribution in [2.45, 2.75) is 143 Å². The van der Waals surface area contributed by atoms with Crippen molar-refractivity contribution in [3.05, 3.63) is 35.4 Å². The Morgan fingerprint density at radius 2 is 1.62 bits per heavy atom. The molecule has 1 aliphatic carbocycles. The highest BCUT2D eigenvalue weighted by Crippen LogP contribution is 2.27. The average Bonchev–Trinajstić information content (AvgIpc) is 2.92. The van der Waals surface area contributed by atoms with E-state index in [1.165, 1.54) is 12.0 Å². The Morgan fingerprint density at radius 3 is 2.17 bits per heavy atom. The Morgan fingerprint density at radius 1 is 0.975 bits per heavy atom. The van der Waals surface area contributed by atoms with E-state index in [0.29, 0.717) is 13.0 Å². The summed E-state index contributed by atoms with van der Waals surface area (Å²) in [6.07, 6.45) is 10.2. The molecule has 3 unspecified atom stereocenters.